The first-order valence-corrected chi connectivity index (χ1v) is 9.06. The lowest BCUT2D eigenvalue weighted by atomic mass is 9.93. The zero-order valence-electron chi connectivity index (χ0n) is 13.1. The van der Waals surface area contributed by atoms with Crippen LogP contribution in [0.25, 0.3) is 0 Å². The van der Waals surface area contributed by atoms with Crippen LogP contribution in [0.3, 0.4) is 0 Å². The molecule has 0 radical (unpaired) electrons. The standard InChI is InChI=1S/C16H22ClFN2OS/c1-10(22-3)16(21)19-9-12-6-7-20(2)15(12)11-4-5-13(17)14(18)8-11/h4-5,8,10,12,15H,6-7,9H2,1-3H3,(H,19,21)/t10-,12-,15+/m0/s1. The van der Waals surface area contributed by atoms with E-state index in [4.69, 9.17) is 11.6 Å². The molecule has 0 aliphatic carbocycles. The number of carbonyl (C=O) groups excluding carboxylic acids is 1. The molecule has 1 amide bonds. The number of benzene rings is 1. The highest BCUT2D eigenvalue weighted by Gasteiger charge is 2.33. The van der Waals surface area contributed by atoms with E-state index < -0.39 is 5.82 Å². The molecule has 6 heteroatoms. The molecule has 1 heterocycles. The molecule has 1 aromatic carbocycles. The van der Waals surface area contributed by atoms with Crippen LogP contribution in [-0.2, 0) is 4.79 Å². The fourth-order valence-electron chi connectivity index (χ4n) is 2.95. The van der Waals surface area contributed by atoms with Gasteiger partial charge in [0.15, 0.2) is 0 Å². The molecule has 122 valence electrons. The van der Waals surface area contributed by atoms with Gasteiger partial charge in [-0.1, -0.05) is 17.7 Å². The van der Waals surface area contributed by atoms with E-state index in [0.717, 1.165) is 18.5 Å². The SMILES string of the molecule is CS[C@@H](C)C(=O)NC[C@@H]1CCN(C)[C@@H]1c1ccc(Cl)c(F)c1. The number of carbonyl (C=O) groups is 1. The van der Waals surface area contributed by atoms with Gasteiger partial charge in [-0.25, -0.2) is 4.39 Å². The highest BCUT2D eigenvalue weighted by molar-refractivity contribution is 7.99. The van der Waals surface area contributed by atoms with E-state index in [-0.39, 0.29) is 28.1 Å². The number of rotatable bonds is 5. The van der Waals surface area contributed by atoms with Gasteiger partial charge in [-0.2, -0.15) is 11.8 Å². The normalized spacial score (nSPS) is 23.5. The molecule has 22 heavy (non-hydrogen) atoms. The Morgan fingerprint density at radius 1 is 1.59 bits per heavy atom. The third kappa shape index (κ3) is 3.94. The fraction of sp³-hybridized carbons (Fsp3) is 0.562. The van der Waals surface area contributed by atoms with Crippen molar-refractivity contribution < 1.29 is 9.18 Å². The molecule has 0 unspecified atom stereocenters. The van der Waals surface area contributed by atoms with Crippen molar-refractivity contribution in [3.05, 3.63) is 34.6 Å². The van der Waals surface area contributed by atoms with Crippen molar-refractivity contribution in [2.45, 2.75) is 24.6 Å². The van der Waals surface area contributed by atoms with Gasteiger partial charge in [0, 0.05) is 12.6 Å². The predicted molar refractivity (Wildman–Crippen MR) is 90.9 cm³/mol. The van der Waals surface area contributed by atoms with E-state index >= 15 is 0 Å². The third-order valence-electron chi connectivity index (χ3n) is 4.32. The Balaban J connectivity index is 2.07. The molecule has 1 saturated heterocycles. The van der Waals surface area contributed by atoms with Gasteiger partial charge in [0.2, 0.25) is 5.91 Å². The first-order valence-electron chi connectivity index (χ1n) is 7.39. The number of thioether (sulfide) groups is 1. The molecule has 1 N–H and O–H groups in total. The summed E-state index contributed by atoms with van der Waals surface area (Å²) in [7, 11) is 2.03. The van der Waals surface area contributed by atoms with Crippen molar-refractivity contribution in [1.82, 2.24) is 10.2 Å². The van der Waals surface area contributed by atoms with Gasteiger partial charge in [0.1, 0.15) is 5.82 Å². The van der Waals surface area contributed by atoms with Gasteiger partial charge in [0.05, 0.1) is 10.3 Å². The Bertz CT molecular complexity index is 543. The van der Waals surface area contributed by atoms with Crippen LogP contribution in [0.5, 0.6) is 0 Å². The molecular weight excluding hydrogens is 323 g/mol. The maximum atomic E-state index is 13.7. The summed E-state index contributed by atoms with van der Waals surface area (Å²) in [6.07, 6.45) is 2.91. The summed E-state index contributed by atoms with van der Waals surface area (Å²) in [5.74, 6) is -0.0510. The number of hydrogen-bond donors (Lipinski definition) is 1. The smallest absolute Gasteiger partial charge is 0.232 e. The summed E-state index contributed by atoms with van der Waals surface area (Å²) >= 11 is 7.30. The first-order chi connectivity index (χ1) is 10.4. The maximum Gasteiger partial charge on any atom is 0.232 e. The topological polar surface area (TPSA) is 32.3 Å². The van der Waals surface area contributed by atoms with Crippen molar-refractivity contribution >= 4 is 29.3 Å². The fourth-order valence-corrected chi connectivity index (χ4v) is 3.36. The van der Waals surface area contributed by atoms with Crippen LogP contribution in [0, 0.1) is 11.7 Å². The Morgan fingerprint density at radius 2 is 2.32 bits per heavy atom. The Labute approximate surface area is 140 Å². The molecule has 3 atom stereocenters. The van der Waals surface area contributed by atoms with Gasteiger partial charge in [-0.05, 0) is 56.8 Å². The van der Waals surface area contributed by atoms with E-state index in [1.807, 2.05) is 26.3 Å². The van der Waals surface area contributed by atoms with Gasteiger partial charge < -0.3 is 5.32 Å². The Kier molecular flexibility index (Phi) is 6.12. The zero-order chi connectivity index (χ0) is 16.3. The number of nitrogens with one attached hydrogen (secondary N) is 1. The minimum Gasteiger partial charge on any atom is -0.355 e. The summed E-state index contributed by atoms with van der Waals surface area (Å²) in [4.78, 5) is 14.1. The second kappa shape index (κ2) is 7.66. The summed E-state index contributed by atoms with van der Waals surface area (Å²) < 4.78 is 13.7. The van der Waals surface area contributed by atoms with E-state index in [1.165, 1.54) is 17.8 Å². The molecular formula is C16H22ClFN2OS. The quantitative estimate of drug-likeness (QED) is 0.889. The molecule has 0 spiro atoms. The van der Waals surface area contributed by atoms with Crippen LogP contribution in [0.1, 0.15) is 24.9 Å². The number of halogens is 2. The summed E-state index contributed by atoms with van der Waals surface area (Å²) in [5, 5.41) is 3.11. The summed E-state index contributed by atoms with van der Waals surface area (Å²) in [5.41, 5.74) is 0.916. The average Bonchev–Trinajstić information content (AvgIpc) is 2.87. The molecule has 2 rings (SSSR count). The molecule has 0 saturated carbocycles. The van der Waals surface area contributed by atoms with E-state index in [1.54, 1.807) is 6.07 Å². The molecule has 1 fully saturated rings. The van der Waals surface area contributed by atoms with Crippen LogP contribution >= 0.6 is 23.4 Å². The van der Waals surface area contributed by atoms with Gasteiger partial charge in [-0.15, -0.1) is 0 Å². The molecule has 0 bridgehead atoms. The first kappa shape index (κ1) is 17.6. The van der Waals surface area contributed by atoms with Crippen molar-refractivity contribution in [2.75, 3.05) is 26.4 Å². The van der Waals surface area contributed by atoms with Crippen molar-refractivity contribution in [1.29, 1.82) is 0 Å². The second-order valence-electron chi connectivity index (χ2n) is 5.77. The molecule has 3 nitrogen and oxygen atoms in total. The number of nitrogens with zero attached hydrogens (tertiary/aromatic N) is 1. The summed E-state index contributed by atoms with van der Waals surface area (Å²) in [6.45, 7) is 3.45. The van der Waals surface area contributed by atoms with Crippen LogP contribution in [-0.4, -0.2) is 42.4 Å². The highest BCUT2D eigenvalue weighted by Crippen LogP contribution is 2.36. The van der Waals surface area contributed by atoms with E-state index in [0.29, 0.717) is 6.54 Å². The monoisotopic (exact) mass is 344 g/mol. The maximum absolute atomic E-state index is 13.7. The van der Waals surface area contributed by atoms with Crippen molar-refractivity contribution in [3.8, 4) is 0 Å². The lowest BCUT2D eigenvalue weighted by molar-refractivity contribution is -0.120. The minimum atomic E-state index is -0.391. The number of hydrogen-bond acceptors (Lipinski definition) is 3. The zero-order valence-corrected chi connectivity index (χ0v) is 14.7. The lowest BCUT2D eigenvalue weighted by Gasteiger charge is -2.26. The van der Waals surface area contributed by atoms with Gasteiger partial charge in [-0.3, -0.25) is 9.69 Å². The van der Waals surface area contributed by atoms with E-state index in [2.05, 4.69) is 10.2 Å². The van der Waals surface area contributed by atoms with Gasteiger partial charge >= 0.3 is 0 Å². The minimum absolute atomic E-state index is 0.0504. The number of amides is 1. The molecule has 1 aliphatic rings. The number of likely N-dealkylation sites (tertiary alicyclic amines) is 1. The van der Waals surface area contributed by atoms with Crippen molar-refractivity contribution in [3.63, 3.8) is 0 Å². The van der Waals surface area contributed by atoms with Crippen LogP contribution in [0.4, 0.5) is 4.39 Å². The molecule has 1 aliphatic heterocycles. The summed E-state index contributed by atoms with van der Waals surface area (Å²) in [6, 6.07) is 5.09. The average molecular weight is 345 g/mol. The van der Waals surface area contributed by atoms with E-state index in [9.17, 15) is 9.18 Å². The van der Waals surface area contributed by atoms with Crippen molar-refractivity contribution in [2.24, 2.45) is 5.92 Å². The predicted octanol–water partition coefficient (Wildman–Crippen LogP) is 3.34. The van der Waals surface area contributed by atoms with Crippen LogP contribution in [0.15, 0.2) is 18.2 Å². The van der Waals surface area contributed by atoms with Crippen LogP contribution in [0.2, 0.25) is 5.02 Å². The largest absolute Gasteiger partial charge is 0.355 e. The van der Waals surface area contributed by atoms with Crippen LogP contribution < -0.4 is 5.32 Å². The second-order valence-corrected chi connectivity index (χ2v) is 7.36. The van der Waals surface area contributed by atoms with Gasteiger partial charge in [0.25, 0.3) is 0 Å². The molecule has 0 aromatic heterocycles. The Hall–Kier alpha value is -0.780. The molecule has 1 aromatic rings. The highest BCUT2D eigenvalue weighted by atomic mass is 35.5. The lowest BCUT2D eigenvalue weighted by Crippen LogP contribution is -2.36. The Morgan fingerprint density at radius 3 is 2.95 bits per heavy atom. The third-order valence-corrected chi connectivity index (χ3v) is 5.55.